The number of fused-ring (bicyclic) bond motifs is 24. The first-order valence-electron chi connectivity index (χ1n) is 46.5. The van der Waals surface area contributed by atoms with Gasteiger partial charge in [0.05, 0.1) is 5.56 Å². The Morgan fingerprint density at radius 3 is 0.978 bits per heavy atom. The van der Waals surface area contributed by atoms with Crippen LogP contribution in [0.3, 0.4) is 0 Å². The van der Waals surface area contributed by atoms with E-state index in [-0.39, 0.29) is 21.7 Å². The van der Waals surface area contributed by atoms with Crippen molar-refractivity contribution in [2.45, 2.75) is 83.5 Å². The van der Waals surface area contributed by atoms with E-state index in [1.807, 2.05) is 121 Å². The Bertz CT molecular complexity index is 9040. The van der Waals surface area contributed by atoms with Crippen molar-refractivity contribution in [3.8, 4) is 147 Å². The number of hydrogen-bond acceptors (Lipinski definition) is 16. The van der Waals surface area contributed by atoms with Gasteiger partial charge in [0.1, 0.15) is 61.7 Å². The van der Waals surface area contributed by atoms with Gasteiger partial charge in [-0.1, -0.05) is 262 Å². The van der Waals surface area contributed by atoms with Gasteiger partial charge in [0.2, 0.25) is 0 Å². The molecule has 24 aromatic rings. The molecule has 4 aliphatic rings. The Morgan fingerprint density at radius 1 is 0.197 bits per heavy atom. The predicted octanol–water partition coefficient (Wildman–Crippen LogP) is 30.0. The van der Waals surface area contributed by atoms with Crippen LogP contribution in [0.4, 0.5) is 0 Å². The summed E-state index contributed by atoms with van der Waals surface area (Å²) >= 11 is 0. The second-order valence-electron chi connectivity index (χ2n) is 37.8. The Labute approximate surface area is 787 Å². The maximum atomic E-state index is 6.66. The van der Waals surface area contributed by atoms with Gasteiger partial charge in [-0.15, -0.1) is 0 Å². The number of furan rings is 4. The quantitative estimate of drug-likeness (QED) is 0.125. The molecule has 0 N–H and O–H groups in total. The molecule has 10 aromatic heterocycles. The number of pyridine rings is 3. The third-order valence-corrected chi connectivity index (χ3v) is 29.0. The highest BCUT2D eigenvalue weighted by Gasteiger charge is 2.42. The molecule has 0 bridgehead atoms. The third kappa shape index (κ3) is 12.9. The lowest BCUT2D eigenvalue weighted by Gasteiger charge is -2.25. The second kappa shape index (κ2) is 30.7. The van der Waals surface area contributed by atoms with E-state index in [1.165, 1.54) is 89.0 Å². The summed E-state index contributed by atoms with van der Waals surface area (Å²) in [5.41, 5.74) is 34.4. The van der Waals surface area contributed by atoms with Crippen molar-refractivity contribution in [1.29, 1.82) is 0 Å². The van der Waals surface area contributed by atoms with Crippen LogP contribution in [0, 0.1) is 0 Å². The van der Waals surface area contributed by atoms with Crippen molar-refractivity contribution in [2.75, 3.05) is 0 Å². The van der Waals surface area contributed by atoms with Crippen molar-refractivity contribution in [3.63, 3.8) is 0 Å². The maximum Gasteiger partial charge on any atom is 0.182 e. The molecule has 0 amide bonds. The van der Waals surface area contributed by atoms with Gasteiger partial charge in [-0.2, -0.15) is 0 Å². The van der Waals surface area contributed by atoms with Gasteiger partial charge in [-0.25, -0.2) is 44.9 Å². The molecule has 4 aliphatic carbocycles. The van der Waals surface area contributed by atoms with Crippen LogP contribution in [0.15, 0.2) is 370 Å². The standard InChI is InChI=1S/C51H35N3O2.C35H25N5O.C35H24N4O/c1-50(2)39-17-8-5-12-30(39)32-22-20-28(24-41(32)50)47-52-48(54-49(53-47)36-16-11-15-35-33-14-7-10-19-43(33)56-46(35)36)29-21-23-34-38-26-42-37(27-45(38)55-44(34)25-29)31-13-6-9-18-40(31)51(42,3)4;1-3-35(2)26-11-5-4-10-22(26)24-20-31-25(19-27(24)35)23-15-14-21(18-30(23)41-31)32-38-33(28-12-6-8-16-36-28)40-34(39-32)29-13-7-9-17-37-29;1-35(2)27-13-7-6-12-23(27)25-20-31-26(19-28(25)35)24-16-15-22(18-30(24)40-31)33-37-32(21-10-4-3-5-11-21)38-34(39-33)29-14-8-9-17-36-29/h5-27H,1-4H3;4-20H,3H2,1-2H3;3-20H,1-2H3. The summed E-state index contributed by atoms with van der Waals surface area (Å²) in [6.07, 6.45) is 6.25. The summed E-state index contributed by atoms with van der Waals surface area (Å²) in [4.78, 5) is 57.8. The van der Waals surface area contributed by atoms with Crippen LogP contribution in [0.2, 0.25) is 0 Å². The first-order chi connectivity index (χ1) is 66.9. The van der Waals surface area contributed by atoms with Crippen LogP contribution in [-0.4, -0.2) is 59.8 Å². The monoisotopic (exact) mass is 1770 g/mol. The third-order valence-electron chi connectivity index (χ3n) is 29.0. The summed E-state index contributed by atoms with van der Waals surface area (Å²) in [5, 5.41) is 8.67. The van der Waals surface area contributed by atoms with Gasteiger partial charge in [0, 0.05) is 111 Å². The topological polar surface area (TPSA) is 207 Å². The lowest BCUT2D eigenvalue weighted by atomic mass is 9.78. The fourth-order valence-electron chi connectivity index (χ4n) is 21.7. The molecule has 0 spiro atoms. The number of para-hydroxylation sites is 2. The Balaban J connectivity index is 0.000000109. The molecule has 16 nitrogen and oxygen atoms in total. The van der Waals surface area contributed by atoms with E-state index >= 15 is 0 Å². The highest BCUT2D eigenvalue weighted by molar-refractivity contribution is 6.13. The largest absolute Gasteiger partial charge is 0.456 e. The Morgan fingerprint density at radius 2 is 0.518 bits per heavy atom. The van der Waals surface area contributed by atoms with Crippen LogP contribution < -0.4 is 0 Å². The number of nitrogens with zero attached hydrogens (tertiary/aromatic N) is 12. The van der Waals surface area contributed by atoms with Gasteiger partial charge < -0.3 is 17.7 Å². The fraction of sp³-hybridized carbons (Fsp3) is 0.107. The van der Waals surface area contributed by atoms with Crippen LogP contribution >= 0.6 is 0 Å². The van der Waals surface area contributed by atoms with Gasteiger partial charge >= 0.3 is 0 Å². The van der Waals surface area contributed by atoms with Crippen molar-refractivity contribution in [2.24, 2.45) is 0 Å². The van der Waals surface area contributed by atoms with E-state index in [9.17, 15) is 0 Å². The van der Waals surface area contributed by atoms with Crippen LogP contribution in [0.1, 0.15) is 106 Å². The Hall–Kier alpha value is -17.2. The van der Waals surface area contributed by atoms with Crippen molar-refractivity contribution >= 4 is 87.8 Å². The van der Waals surface area contributed by atoms with E-state index < -0.39 is 0 Å². The van der Waals surface area contributed by atoms with Gasteiger partial charge in [-0.05, 0) is 223 Å². The molecule has 1 unspecified atom stereocenters. The molecule has 0 aliphatic heterocycles. The lowest BCUT2D eigenvalue weighted by Crippen LogP contribution is -2.18. The molecule has 14 aromatic carbocycles. The SMILES string of the molecule is CC1(C)c2ccccc2-c2cc3oc4cc(-c5nc(-c6ccccc6)nc(-c6ccccn6)n5)ccc4c3cc21.CC1(C)c2ccccc2-c2ccc(-c3nc(-c4ccc5c(c4)oc4cc6c(cc45)C(C)(C)c4ccccc4-6)nc(-c4cccc5c4oc4ccccc45)n3)cc21.CCC1(C)c2ccccc2-c2cc3oc4cc(-c5nc(-c6ccccn6)nc(-c6ccccn6)n5)ccc4c3cc21. The minimum atomic E-state index is -0.162. The van der Waals surface area contributed by atoms with Crippen LogP contribution in [-0.2, 0) is 21.7 Å². The van der Waals surface area contributed by atoms with Gasteiger partial charge in [-0.3, -0.25) is 15.0 Å². The molecule has 652 valence electrons. The average Bonchev–Trinajstić information content (AvgIpc) is 1.56. The smallest absolute Gasteiger partial charge is 0.182 e. The van der Waals surface area contributed by atoms with E-state index in [1.54, 1.807) is 18.6 Å². The highest BCUT2D eigenvalue weighted by atomic mass is 16.3. The average molecular weight is 1770 g/mol. The molecule has 0 radical (unpaired) electrons. The van der Waals surface area contributed by atoms with Crippen molar-refractivity contribution in [1.82, 2.24) is 59.8 Å². The molecular weight excluding hydrogens is 1690 g/mol. The minimum absolute atomic E-state index is 0.0295. The van der Waals surface area contributed by atoms with Crippen LogP contribution in [0.25, 0.3) is 235 Å². The number of benzene rings is 14. The number of aromatic nitrogens is 12. The highest BCUT2D eigenvalue weighted by Crippen LogP contribution is 2.57. The maximum absolute atomic E-state index is 6.66. The minimum Gasteiger partial charge on any atom is -0.456 e. The summed E-state index contributed by atoms with van der Waals surface area (Å²) in [7, 11) is 0. The zero-order chi connectivity index (χ0) is 91.9. The summed E-state index contributed by atoms with van der Waals surface area (Å²) in [6, 6.07) is 115. The normalized spacial score (nSPS) is 14.7. The molecule has 28 rings (SSSR count). The molecule has 16 heteroatoms. The van der Waals surface area contributed by atoms with E-state index in [0.29, 0.717) is 69.5 Å². The van der Waals surface area contributed by atoms with Crippen LogP contribution in [0.5, 0.6) is 0 Å². The van der Waals surface area contributed by atoms with E-state index in [4.69, 9.17) is 62.5 Å². The zero-order valence-corrected chi connectivity index (χ0v) is 76.2. The molecule has 10 heterocycles. The second-order valence-corrected chi connectivity index (χ2v) is 37.8. The van der Waals surface area contributed by atoms with Crippen molar-refractivity contribution in [3.05, 3.63) is 397 Å². The summed E-state index contributed by atoms with van der Waals surface area (Å²) in [6.45, 7) is 18.4. The molecular formula is C121H84N12O4. The first-order valence-corrected chi connectivity index (χ1v) is 46.5. The first kappa shape index (κ1) is 80.6. The summed E-state index contributed by atoms with van der Waals surface area (Å²) in [5.74, 6) is 4.98. The molecule has 0 fully saturated rings. The predicted molar refractivity (Wildman–Crippen MR) is 546 cm³/mol. The molecule has 0 saturated carbocycles. The summed E-state index contributed by atoms with van der Waals surface area (Å²) < 4.78 is 26.1. The molecule has 137 heavy (non-hydrogen) atoms. The van der Waals surface area contributed by atoms with E-state index in [2.05, 4.69) is 283 Å². The van der Waals surface area contributed by atoms with E-state index in [0.717, 1.165) is 128 Å². The number of hydrogen-bond donors (Lipinski definition) is 0. The fourth-order valence-corrected chi connectivity index (χ4v) is 21.7. The molecule has 1 atom stereocenters. The van der Waals surface area contributed by atoms with Gasteiger partial charge in [0.25, 0.3) is 0 Å². The number of rotatable bonds is 10. The molecule has 0 saturated heterocycles. The van der Waals surface area contributed by atoms with Gasteiger partial charge in [0.15, 0.2) is 52.4 Å². The van der Waals surface area contributed by atoms with Crippen molar-refractivity contribution < 1.29 is 17.7 Å². The Kier molecular flexibility index (Phi) is 18.0. The zero-order valence-electron chi connectivity index (χ0n) is 76.2. The lowest BCUT2D eigenvalue weighted by molar-refractivity contribution is 0.565.